The van der Waals surface area contributed by atoms with Gasteiger partial charge in [0.2, 0.25) is 0 Å². The molecular weight excluding hydrogens is 234 g/mol. The molecule has 0 aliphatic heterocycles. The zero-order valence-corrected chi connectivity index (χ0v) is 11.4. The predicted molar refractivity (Wildman–Crippen MR) is 79.6 cm³/mol. The van der Waals surface area contributed by atoms with E-state index in [0.717, 1.165) is 16.8 Å². The van der Waals surface area contributed by atoms with Gasteiger partial charge in [-0.3, -0.25) is 4.79 Å². The van der Waals surface area contributed by atoms with Crippen LogP contribution in [0.3, 0.4) is 0 Å². The summed E-state index contributed by atoms with van der Waals surface area (Å²) in [5.41, 5.74) is 4.47. The van der Waals surface area contributed by atoms with Crippen molar-refractivity contribution in [1.29, 1.82) is 0 Å². The van der Waals surface area contributed by atoms with E-state index in [1.54, 1.807) is 0 Å². The molecule has 0 fully saturated rings. The zero-order chi connectivity index (χ0) is 13.7. The van der Waals surface area contributed by atoms with Crippen molar-refractivity contribution in [3.8, 4) is 0 Å². The van der Waals surface area contributed by atoms with Crippen molar-refractivity contribution in [1.82, 2.24) is 0 Å². The fourth-order valence-corrected chi connectivity index (χ4v) is 2.01. The Morgan fingerprint density at radius 2 is 1.79 bits per heavy atom. The first-order valence-electron chi connectivity index (χ1n) is 6.52. The predicted octanol–water partition coefficient (Wildman–Crippen LogP) is 3.53. The van der Waals surface area contributed by atoms with Gasteiger partial charge in [0.05, 0.1) is 6.54 Å². The fraction of sp³-hybridized carbons (Fsp3) is 0.235. The minimum Gasteiger partial charge on any atom is -0.378 e. The molecule has 0 atom stereocenters. The van der Waals surface area contributed by atoms with E-state index < -0.39 is 0 Å². The lowest BCUT2D eigenvalue weighted by molar-refractivity contribution is -0.116. The first-order chi connectivity index (χ1) is 9.15. The third-order valence-electron chi connectivity index (χ3n) is 3.11. The van der Waals surface area contributed by atoms with Crippen LogP contribution in [0.15, 0.2) is 48.5 Å². The number of anilines is 1. The molecule has 19 heavy (non-hydrogen) atoms. The van der Waals surface area contributed by atoms with E-state index in [2.05, 4.69) is 30.4 Å². The van der Waals surface area contributed by atoms with Crippen LogP contribution in [0.1, 0.15) is 16.7 Å². The summed E-state index contributed by atoms with van der Waals surface area (Å²) in [6, 6.07) is 16.1. The van der Waals surface area contributed by atoms with Crippen molar-refractivity contribution in [2.75, 3.05) is 11.9 Å². The number of carbonyl (C=O) groups excluding carboxylic acids is 1. The van der Waals surface area contributed by atoms with Crippen LogP contribution < -0.4 is 5.32 Å². The highest BCUT2D eigenvalue weighted by molar-refractivity contribution is 5.85. The average Bonchev–Trinajstić information content (AvgIpc) is 2.41. The maximum Gasteiger partial charge on any atom is 0.156 e. The molecule has 0 aliphatic rings. The summed E-state index contributed by atoms with van der Waals surface area (Å²) in [6.07, 6.45) is 0.485. The van der Waals surface area contributed by atoms with E-state index in [0.29, 0.717) is 13.0 Å². The molecule has 2 rings (SSSR count). The Labute approximate surface area is 114 Å². The third kappa shape index (κ3) is 3.95. The Hall–Kier alpha value is -2.09. The third-order valence-corrected chi connectivity index (χ3v) is 3.11. The average molecular weight is 253 g/mol. The first kappa shape index (κ1) is 13.3. The number of rotatable bonds is 5. The Balaban J connectivity index is 1.92. The molecule has 0 aromatic heterocycles. The summed E-state index contributed by atoms with van der Waals surface area (Å²) in [5, 5.41) is 3.22. The molecule has 1 N–H and O–H groups in total. The number of ketones is 1. The van der Waals surface area contributed by atoms with Gasteiger partial charge in [-0.15, -0.1) is 0 Å². The molecule has 2 nitrogen and oxygen atoms in total. The molecule has 2 aromatic rings. The number of hydrogen-bond donors (Lipinski definition) is 1. The fourth-order valence-electron chi connectivity index (χ4n) is 2.01. The molecule has 2 aromatic carbocycles. The molecule has 0 amide bonds. The van der Waals surface area contributed by atoms with Crippen molar-refractivity contribution in [2.45, 2.75) is 20.3 Å². The number of Topliss-reactive ketones (excluding diaryl/α,β-unsaturated/α-hetero) is 1. The van der Waals surface area contributed by atoms with Crippen LogP contribution in [0.5, 0.6) is 0 Å². The first-order valence-corrected chi connectivity index (χ1v) is 6.52. The lowest BCUT2D eigenvalue weighted by Crippen LogP contribution is -2.16. The molecule has 0 bridgehead atoms. The van der Waals surface area contributed by atoms with Crippen LogP contribution in [-0.2, 0) is 11.2 Å². The second-order valence-corrected chi connectivity index (χ2v) is 4.87. The van der Waals surface area contributed by atoms with Crippen LogP contribution in [0.25, 0.3) is 0 Å². The van der Waals surface area contributed by atoms with Crippen molar-refractivity contribution >= 4 is 11.5 Å². The summed E-state index contributed by atoms with van der Waals surface area (Å²) in [5.74, 6) is 0.201. The molecule has 98 valence electrons. The van der Waals surface area contributed by atoms with Gasteiger partial charge < -0.3 is 5.32 Å². The molecular formula is C17H19NO. The van der Waals surface area contributed by atoms with E-state index in [1.807, 2.05) is 37.3 Å². The second kappa shape index (κ2) is 6.19. The second-order valence-electron chi connectivity index (χ2n) is 4.87. The number of hydrogen-bond acceptors (Lipinski definition) is 2. The Kier molecular flexibility index (Phi) is 4.35. The van der Waals surface area contributed by atoms with E-state index in [-0.39, 0.29) is 5.78 Å². The largest absolute Gasteiger partial charge is 0.378 e. The van der Waals surface area contributed by atoms with Gasteiger partial charge in [-0.05, 0) is 36.6 Å². The molecule has 0 heterocycles. The lowest BCUT2D eigenvalue weighted by atomic mass is 10.1. The minimum atomic E-state index is 0.201. The molecule has 0 saturated heterocycles. The highest BCUT2D eigenvalue weighted by Crippen LogP contribution is 2.16. The minimum absolute atomic E-state index is 0.201. The van der Waals surface area contributed by atoms with Crippen LogP contribution in [-0.4, -0.2) is 12.3 Å². The molecule has 0 radical (unpaired) electrons. The normalized spacial score (nSPS) is 10.2. The van der Waals surface area contributed by atoms with Crippen LogP contribution in [0, 0.1) is 13.8 Å². The topological polar surface area (TPSA) is 29.1 Å². The van der Waals surface area contributed by atoms with Gasteiger partial charge in [0.1, 0.15) is 0 Å². The number of benzene rings is 2. The summed E-state index contributed by atoms with van der Waals surface area (Å²) in [4.78, 5) is 11.9. The lowest BCUT2D eigenvalue weighted by Gasteiger charge is -2.10. The summed E-state index contributed by atoms with van der Waals surface area (Å²) >= 11 is 0. The molecule has 2 heteroatoms. The SMILES string of the molecule is Cc1ccc(C)c(NCC(=O)Cc2ccccc2)c1. The zero-order valence-electron chi connectivity index (χ0n) is 11.4. The van der Waals surface area contributed by atoms with Crippen molar-refractivity contribution in [2.24, 2.45) is 0 Å². The van der Waals surface area contributed by atoms with E-state index in [1.165, 1.54) is 5.56 Å². The molecule has 0 saturated carbocycles. The summed E-state index contributed by atoms with van der Waals surface area (Å²) < 4.78 is 0. The van der Waals surface area contributed by atoms with Crippen molar-refractivity contribution < 1.29 is 4.79 Å². The maximum absolute atomic E-state index is 11.9. The van der Waals surface area contributed by atoms with E-state index in [4.69, 9.17) is 0 Å². The van der Waals surface area contributed by atoms with Crippen LogP contribution in [0.2, 0.25) is 0 Å². The number of carbonyl (C=O) groups is 1. The van der Waals surface area contributed by atoms with Gasteiger partial charge >= 0.3 is 0 Å². The van der Waals surface area contributed by atoms with Crippen LogP contribution >= 0.6 is 0 Å². The van der Waals surface area contributed by atoms with Crippen molar-refractivity contribution in [3.05, 3.63) is 65.2 Å². The van der Waals surface area contributed by atoms with Crippen LogP contribution in [0.4, 0.5) is 5.69 Å². The van der Waals surface area contributed by atoms with E-state index >= 15 is 0 Å². The highest BCUT2D eigenvalue weighted by Gasteiger charge is 2.04. The summed E-state index contributed by atoms with van der Waals surface area (Å²) in [7, 11) is 0. The van der Waals surface area contributed by atoms with Gasteiger partial charge in [-0.2, -0.15) is 0 Å². The quantitative estimate of drug-likeness (QED) is 0.883. The maximum atomic E-state index is 11.9. The Morgan fingerprint density at radius 1 is 1.05 bits per heavy atom. The smallest absolute Gasteiger partial charge is 0.156 e. The van der Waals surface area contributed by atoms with Gasteiger partial charge in [0, 0.05) is 12.1 Å². The van der Waals surface area contributed by atoms with Gasteiger partial charge in [-0.25, -0.2) is 0 Å². The van der Waals surface area contributed by atoms with Gasteiger partial charge in [0.25, 0.3) is 0 Å². The highest BCUT2D eigenvalue weighted by atomic mass is 16.1. The number of nitrogens with one attached hydrogen (secondary N) is 1. The Bertz CT molecular complexity index is 561. The Morgan fingerprint density at radius 3 is 2.53 bits per heavy atom. The van der Waals surface area contributed by atoms with Crippen molar-refractivity contribution in [3.63, 3.8) is 0 Å². The monoisotopic (exact) mass is 253 g/mol. The molecule has 0 aliphatic carbocycles. The van der Waals surface area contributed by atoms with Gasteiger partial charge in [0.15, 0.2) is 5.78 Å². The van der Waals surface area contributed by atoms with E-state index in [9.17, 15) is 4.79 Å². The summed E-state index contributed by atoms with van der Waals surface area (Å²) in [6.45, 7) is 4.47. The molecule has 0 unspecified atom stereocenters. The van der Waals surface area contributed by atoms with Gasteiger partial charge in [-0.1, -0.05) is 42.5 Å². The standard InChI is InChI=1S/C17H19NO/c1-13-8-9-14(2)17(10-13)18-12-16(19)11-15-6-4-3-5-7-15/h3-10,18H,11-12H2,1-2H3. The number of aryl methyl sites for hydroxylation is 2. The molecule has 0 spiro atoms.